The zero-order chi connectivity index (χ0) is 21.8. The van der Waals surface area contributed by atoms with Crippen molar-refractivity contribution in [2.45, 2.75) is 6.92 Å². The zero-order valence-corrected chi connectivity index (χ0v) is 17.1. The molecule has 0 fully saturated rings. The molecule has 3 aromatic carbocycles. The molecule has 6 nitrogen and oxygen atoms in total. The molecule has 0 amide bonds. The van der Waals surface area contributed by atoms with Gasteiger partial charge in [0.1, 0.15) is 28.6 Å². The summed E-state index contributed by atoms with van der Waals surface area (Å²) < 4.78 is 21.8. The maximum absolute atomic E-state index is 12.6. The molecule has 156 valence electrons. The number of benzene rings is 3. The average Bonchev–Trinajstić information content (AvgIpc) is 2.78. The van der Waals surface area contributed by atoms with Crippen LogP contribution in [-0.4, -0.2) is 19.7 Å². The van der Waals surface area contributed by atoms with Crippen molar-refractivity contribution in [3.05, 3.63) is 88.6 Å². The highest BCUT2D eigenvalue weighted by Gasteiger charge is 2.11. The molecule has 0 N–H and O–H groups in total. The summed E-state index contributed by atoms with van der Waals surface area (Å²) in [6.07, 6.45) is 0. The number of ether oxygens (including phenoxy) is 3. The van der Waals surface area contributed by atoms with E-state index in [1.54, 1.807) is 37.4 Å². The zero-order valence-electron chi connectivity index (χ0n) is 17.1. The van der Waals surface area contributed by atoms with Gasteiger partial charge in [0, 0.05) is 11.6 Å². The number of fused-ring (bicyclic) bond motifs is 1. The summed E-state index contributed by atoms with van der Waals surface area (Å²) in [5.74, 6) is 1.42. The maximum Gasteiger partial charge on any atom is 0.349 e. The number of carbonyl (C=O) groups excluding carboxylic acids is 1. The quantitative estimate of drug-likeness (QED) is 0.333. The van der Waals surface area contributed by atoms with Crippen LogP contribution in [0.25, 0.3) is 22.3 Å². The molecule has 0 aliphatic carbocycles. The van der Waals surface area contributed by atoms with Gasteiger partial charge in [-0.2, -0.15) is 0 Å². The van der Waals surface area contributed by atoms with Gasteiger partial charge in [-0.1, -0.05) is 12.1 Å². The summed E-state index contributed by atoms with van der Waals surface area (Å²) >= 11 is 0. The molecule has 0 unspecified atom stereocenters. The summed E-state index contributed by atoms with van der Waals surface area (Å²) in [6.45, 7) is 1.69. The minimum Gasteiger partial charge on any atom is -0.497 e. The smallest absolute Gasteiger partial charge is 0.349 e. The van der Waals surface area contributed by atoms with Crippen LogP contribution in [0.2, 0.25) is 0 Å². The van der Waals surface area contributed by atoms with Gasteiger partial charge in [0.2, 0.25) is 0 Å². The first-order chi connectivity index (χ1) is 15.0. The van der Waals surface area contributed by atoms with Gasteiger partial charge in [0.25, 0.3) is 0 Å². The lowest BCUT2D eigenvalue weighted by Crippen LogP contribution is -2.17. The predicted octanol–water partition coefficient (Wildman–Crippen LogP) is 4.76. The molecule has 0 radical (unpaired) electrons. The average molecular weight is 416 g/mol. The topological polar surface area (TPSA) is 75.0 Å². The molecule has 0 atom stereocenters. The van der Waals surface area contributed by atoms with E-state index in [4.69, 9.17) is 18.6 Å². The molecule has 1 aromatic heterocycles. The number of methoxy groups -OCH3 is 1. The fourth-order valence-electron chi connectivity index (χ4n) is 3.10. The number of hydrogen-bond acceptors (Lipinski definition) is 6. The van der Waals surface area contributed by atoms with Gasteiger partial charge in [-0.15, -0.1) is 0 Å². The van der Waals surface area contributed by atoms with E-state index in [9.17, 15) is 9.59 Å². The standard InChI is InChI=1S/C25H20O6/c1-16-4-3-5-19(12-16)29-15-25(27)30-20-10-11-23-21(13-20)22(26)14-24(31-23)17-6-8-18(28-2)9-7-17/h3-14H,15H2,1-2H3. The third-order valence-corrected chi connectivity index (χ3v) is 4.65. The van der Waals surface area contributed by atoms with Crippen LogP contribution in [0.3, 0.4) is 0 Å². The van der Waals surface area contributed by atoms with Crippen molar-refractivity contribution in [3.63, 3.8) is 0 Å². The highest BCUT2D eigenvalue weighted by Crippen LogP contribution is 2.26. The second kappa shape index (κ2) is 8.75. The second-order valence-electron chi connectivity index (χ2n) is 6.94. The molecule has 0 aliphatic rings. The van der Waals surface area contributed by atoms with E-state index in [0.717, 1.165) is 11.1 Å². The van der Waals surface area contributed by atoms with Gasteiger partial charge in [-0.25, -0.2) is 4.79 Å². The van der Waals surface area contributed by atoms with Crippen LogP contribution in [0, 0.1) is 6.92 Å². The number of aryl methyl sites for hydroxylation is 1. The predicted molar refractivity (Wildman–Crippen MR) is 117 cm³/mol. The van der Waals surface area contributed by atoms with Crippen LogP contribution in [0.15, 0.2) is 82.0 Å². The van der Waals surface area contributed by atoms with E-state index in [1.165, 1.54) is 12.1 Å². The fraction of sp³-hybridized carbons (Fsp3) is 0.120. The van der Waals surface area contributed by atoms with Crippen molar-refractivity contribution < 1.29 is 23.4 Å². The van der Waals surface area contributed by atoms with Crippen LogP contribution in [0.4, 0.5) is 0 Å². The molecule has 0 bridgehead atoms. The molecular formula is C25H20O6. The molecular weight excluding hydrogens is 396 g/mol. The molecule has 31 heavy (non-hydrogen) atoms. The van der Waals surface area contributed by atoms with Crippen LogP contribution in [0.5, 0.6) is 17.2 Å². The molecule has 6 heteroatoms. The van der Waals surface area contributed by atoms with Crippen molar-refractivity contribution in [1.29, 1.82) is 0 Å². The Bertz CT molecular complexity index is 1290. The summed E-state index contributed by atoms with van der Waals surface area (Å²) in [4.78, 5) is 24.8. The van der Waals surface area contributed by atoms with Gasteiger partial charge >= 0.3 is 5.97 Å². The van der Waals surface area contributed by atoms with Crippen molar-refractivity contribution in [1.82, 2.24) is 0 Å². The number of esters is 1. The van der Waals surface area contributed by atoms with E-state index >= 15 is 0 Å². The Hall–Kier alpha value is -4.06. The molecule has 4 rings (SSSR count). The lowest BCUT2D eigenvalue weighted by molar-refractivity contribution is -0.136. The second-order valence-corrected chi connectivity index (χ2v) is 6.94. The van der Waals surface area contributed by atoms with E-state index in [1.807, 2.05) is 37.3 Å². The molecule has 0 spiro atoms. The summed E-state index contributed by atoms with van der Waals surface area (Å²) in [6, 6.07) is 20.7. The third-order valence-electron chi connectivity index (χ3n) is 4.65. The van der Waals surface area contributed by atoms with E-state index in [-0.39, 0.29) is 17.8 Å². The van der Waals surface area contributed by atoms with Crippen molar-refractivity contribution in [2.75, 3.05) is 13.7 Å². The van der Waals surface area contributed by atoms with E-state index in [0.29, 0.717) is 28.2 Å². The van der Waals surface area contributed by atoms with Crippen LogP contribution < -0.4 is 19.6 Å². The highest BCUT2D eigenvalue weighted by atomic mass is 16.6. The first-order valence-corrected chi connectivity index (χ1v) is 9.64. The highest BCUT2D eigenvalue weighted by molar-refractivity contribution is 5.82. The number of carbonyl (C=O) groups is 1. The van der Waals surface area contributed by atoms with Crippen LogP contribution in [-0.2, 0) is 4.79 Å². The molecule has 0 aliphatic heterocycles. The van der Waals surface area contributed by atoms with Gasteiger partial charge in [-0.3, -0.25) is 4.79 Å². The molecule has 0 saturated carbocycles. The Balaban J connectivity index is 1.50. The largest absolute Gasteiger partial charge is 0.497 e. The maximum atomic E-state index is 12.6. The van der Waals surface area contributed by atoms with Gasteiger partial charge < -0.3 is 18.6 Å². The van der Waals surface area contributed by atoms with E-state index < -0.39 is 5.97 Å². The third kappa shape index (κ3) is 4.75. The minimum atomic E-state index is -0.569. The lowest BCUT2D eigenvalue weighted by atomic mass is 10.1. The van der Waals surface area contributed by atoms with Crippen LogP contribution >= 0.6 is 0 Å². The van der Waals surface area contributed by atoms with Gasteiger partial charge in [0.15, 0.2) is 12.0 Å². The number of hydrogen-bond donors (Lipinski definition) is 0. The normalized spacial score (nSPS) is 10.6. The Morgan fingerprint density at radius 1 is 0.903 bits per heavy atom. The summed E-state index contributed by atoms with van der Waals surface area (Å²) in [7, 11) is 1.59. The Labute approximate surface area is 178 Å². The Morgan fingerprint density at radius 3 is 2.42 bits per heavy atom. The van der Waals surface area contributed by atoms with Gasteiger partial charge in [0.05, 0.1) is 12.5 Å². The minimum absolute atomic E-state index is 0.235. The van der Waals surface area contributed by atoms with Crippen LogP contribution in [0.1, 0.15) is 5.56 Å². The molecule has 0 saturated heterocycles. The van der Waals surface area contributed by atoms with Crippen molar-refractivity contribution in [3.8, 4) is 28.6 Å². The Kier molecular flexibility index (Phi) is 5.71. The first kappa shape index (κ1) is 20.2. The SMILES string of the molecule is COc1ccc(-c2cc(=O)c3cc(OC(=O)COc4cccc(C)c4)ccc3o2)cc1. The monoisotopic (exact) mass is 416 g/mol. The lowest BCUT2D eigenvalue weighted by Gasteiger charge is -2.08. The van der Waals surface area contributed by atoms with E-state index in [2.05, 4.69) is 0 Å². The fourth-order valence-corrected chi connectivity index (χ4v) is 3.10. The molecule has 1 heterocycles. The van der Waals surface area contributed by atoms with Crippen molar-refractivity contribution >= 4 is 16.9 Å². The number of rotatable bonds is 6. The van der Waals surface area contributed by atoms with Gasteiger partial charge in [-0.05, 0) is 67.1 Å². The first-order valence-electron chi connectivity index (χ1n) is 9.64. The summed E-state index contributed by atoms with van der Waals surface area (Å²) in [5.41, 5.74) is 1.94. The van der Waals surface area contributed by atoms with Crippen molar-refractivity contribution in [2.24, 2.45) is 0 Å². The molecule has 4 aromatic rings. The Morgan fingerprint density at radius 2 is 1.68 bits per heavy atom. The summed E-state index contributed by atoms with van der Waals surface area (Å²) in [5, 5.41) is 0.321.